The first-order valence-corrected chi connectivity index (χ1v) is 12.6. The zero-order valence-corrected chi connectivity index (χ0v) is 21.7. The molecule has 2 heterocycles. The number of nitrogens with zero attached hydrogens (tertiary/aromatic N) is 2. The molecule has 4 rings (SSSR count). The van der Waals surface area contributed by atoms with Crippen LogP contribution in [-0.4, -0.2) is 54.5 Å². The van der Waals surface area contributed by atoms with Gasteiger partial charge in [-0.25, -0.2) is 0 Å². The maximum Gasteiger partial charge on any atom is 0.258 e. The van der Waals surface area contributed by atoms with E-state index in [-0.39, 0.29) is 24.4 Å². The average Bonchev–Trinajstić information content (AvgIpc) is 3.34. The van der Waals surface area contributed by atoms with Crippen LogP contribution >= 0.6 is 11.3 Å². The molecule has 2 aromatic carbocycles. The number of thiophene rings is 1. The maximum atomic E-state index is 13.9. The van der Waals surface area contributed by atoms with Crippen LogP contribution in [0.2, 0.25) is 0 Å². The summed E-state index contributed by atoms with van der Waals surface area (Å²) >= 11 is 1.73. The van der Waals surface area contributed by atoms with Crippen molar-refractivity contribution in [3.05, 3.63) is 81.5 Å². The number of rotatable bonds is 6. The second kappa shape index (κ2) is 10.1. The molecule has 184 valence electrons. The van der Waals surface area contributed by atoms with Crippen LogP contribution in [0.15, 0.2) is 60.0 Å². The van der Waals surface area contributed by atoms with Crippen molar-refractivity contribution in [3.63, 3.8) is 0 Å². The summed E-state index contributed by atoms with van der Waals surface area (Å²) in [5, 5.41) is 2.09. The van der Waals surface area contributed by atoms with Gasteiger partial charge < -0.3 is 19.3 Å². The molecule has 0 N–H and O–H groups in total. The lowest BCUT2D eigenvalue weighted by Crippen LogP contribution is -2.52. The first kappa shape index (κ1) is 24.8. The van der Waals surface area contributed by atoms with Gasteiger partial charge in [0.15, 0.2) is 0 Å². The van der Waals surface area contributed by atoms with E-state index in [1.807, 2.05) is 56.0 Å². The zero-order chi connectivity index (χ0) is 25.2. The van der Waals surface area contributed by atoms with E-state index in [4.69, 9.17) is 9.47 Å². The van der Waals surface area contributed by atoms with Gasteiger partial charge in [-0.05, 0) is 74.0 Å². The average molecular weight is 493 g/mol. The summed E-state index contributed by atoms with van der Waals surface area (Å²) in [6, 6.07) is 16.9. The van der Waals surface area contributed by atoms with Crippen molar-refractivity contribution in [3.8, 4) is 11.5 Å². The van der Waals surface area contributed by atoms with Gasteiger partial charge in [0.25, 0.3) is 5.91 Å². The molecular weight excluding hydrogens is 460 g/mol. The fraction of sp³-hybridized carbons (Fsp3) is 0.357. The van der Waals surface area contributed by atoms with E-state index in [1.54, 1.807) is 48.7 Å². The van der Waals surface area contributed by atoms with Crippen molar-refractivity contribution in [2.75, 3.05) is 27.3 Å². The molecule has 2 amide bonds. The van der Waals surface area contributed by atoms with Gasteiger partial charge in [-0.15, -0.1) is 11.3 Å². The lowest BCUT2D eigenvalue weighted by molar-refractivity contribution is -0.135. The van der Waals surface area contributed by atoms with Crippen LogP contribution < -0.4 is 9.47 Å². The predicted octanol–water partition coefficient (Wildman–Crippen LogP) is 5.18. The van der Waals surface area contributed by atoms with Gasteiger partial charge in [0.1, 0.15) is 18.0 Å². The summed E-state index contributed by atoms with van der Waals surface area (Å²) in [5.41, 5.74) is 2.06. The van der Waals surface area contributed by atoms with Crippen LogP contribution in [0.25, 0.3) is 0 Å². The molecule has 1 aliphatic heterocycles. The van der Waals surface area contributed by atoms with Gasteiger partial charge >= 0.3 is 0 Å². The van der Waals surface area contributed by atoms with Gasteiger partial charge in [0, 0.05) is 17.0 Å². The molecule has 1 unspecified atom stereocenters. The van der Waals surface area contributed by atoms with E-state index in [0.717, 1.165) is 23.3 Å². The number of hydrogen-bond donors (Lipinski definition) is 0. The Balaban J connectivity index is 1.66. The lowest BCUT2D eigenvalue weighted by Gasteiger charge is -2.40. The molecule has 7 heteroatoms. The fourth-order valence-electron chi connectivity index (χ4n) is 4.54. The Morgan fingerprint density at radius 3 is 2.40 bits per heavy atom. The molecule has 0 fully saturated rings. The molecule has 0 saturated heterocycles. The number of carbonyl (C=O) groups is 2. The third kappa shape index (κ3) is 5.05. The lowest BCUT2D eigenvalue weighted by atomic mass is 9.93. The number of methoxy groups -OCH3 is 2. The minimum absolute atomic E-state index is 0.0213. The standard InChI is InChI=1S/C28H32N2O4S/c1-28(2,3)30(27(32)21-8-6-7-9-23(21)34-5)18-25(31)29-16-14-24-22(15-17-35-24)26(29)19-10-12-20(33-4)13-11-19/h6-13,15,17,26H,14,16,18H2,1-5H3. The first-order valence-electron chi connectivity index (χ1n) is 11.7. The SMILES string of the molecule is COc1ccc(C2c3ccsc3CCN2C(=O)CN(C(=O)c2ccccc2OC)C(C)(C)C)cc1. The summed E-state index contributed by atoms with van der Waals surface area (Å²) in [4.78, 5) is 32.3. The van der Waals surface area contributed by atoms with Crippen molar-refractivity contribution >= 4 is 23.2 Å². The zero-order valence-electron chi connectivity index (χ0n) is 20.9. The molecule has 0 radical (unpaired) electrons. The number of carbonyl (C=O) groups excluding carboxylic acids is 2. The molecule has 1 aromatic heterocycles. The minimum atomic E-state index is -0.563. The van der Waals surface area contributed by atoms with Crippen molar-refractivity contribution in [1.82, 2.24) is 9.80 Å². The number of benzene rings is 2. The number of amides is 2. The van der Waals surface area contributed by atoms with Crippen LogP contribution in [0.1, 0.15) is 53.2 Å². The highest BCUT2D eigenvalue weighted by molar-refractivity contribution is 7.10. The van der Waals surface area contributed by atoms with E-state index in [0.29, 0.717) is 17.9 Å². The summed E-state index contributed by atoms with van der Waals surface area (Å²) in [6.07, 6.45) is 0.807. The van der Waals surface area contributed by atoms with Crippen LogP contribution in [0.5, 0.6) is 11.5 Å². The summed E-state index contributed by atoms with van der Waals surface area (Å²) < 4.78 is 10.8. The summed E-state index contributed by atoms with van der Waals surface area (Å²) in [6.45, 7) is 6.42. The second-order valence-corrected chi connectivity index (χ2v) is 10.6. The molecule has 6 nitrogen and oxygen atoms in total. The molecule has 0 saturated carbocycles. The maximum absolute atomic E-state index is 13.9. The van der Waals surface area contributed by atoms with Gasteiger partial charge in [-0.3, -0.25) is 9.59 Å². The largest absolute Gasteiger partial charge is 0.497 e. The first-order chi connectivity index (χ1) is 16.7. The monoisotopic (exact) mass is 492 g/mol. The van der Waals surface area contributed by atoms with Crippen LogP contribution in [-0.2, 0) is 11.2 Å². The fourth-order valence-corrected chi connectivity index (χ4v) is 5.44. The molecule has 0 spiro atoms. The molecule has 3 aromatic rings. The smallest absolute Gasteiger partial charge is 0.258 e. The van der Waals surface area contributed by atoms with Crippen LogP contribution in [0.4, 0.5) is 0 Å². The summed E-state index contributed by atoms with van der Waals surface area (Å²) in [5.74, 6) is 0.962. The number of para-hydroxylation sites is 1. The number of hydrogen-bond acceptors (Lipinski definition) is 5. The third-order valence-corrected chi connectivity index (χ3v) is 7.40. The minimum Gasteiger partial charge on any atom is -0.497 e. The molecule has 35 heavy (non-hydrogen) atoms. The topological polar surface area (TPSA) is 59.1 Å². The van der Waals surface area contributed by atoms with Gasteiger partial charge in [0.05, 0.1) is 25.8 Å². The van der Waals surface area contributed by atoms with Crippen LogP contribution in [0.3, 0.4) is 0 Å². The van der Waals surface area contributed by atoms with Gasteiger partial charge in [-0.1, -0.05) is 24.3 Å². The Labute approximate surface area is 211 Å². The normalized spacial score (nSPS) is 15.3. The van der Waals surface area contributed by atoms with E-state index in [1.165, 1.54) is 4.88 Å². The Bertz CT molecular complexity index is 1200. The quantitative estimate of drug-likeness (QED) is 0.476. The van der Waals surface area contributed by atoms with Crippen molar-refractivity contribution < 1.29 is 19.1 Å². The van der Waals surface area contributed by atoms with E-state index >= 15 is 0 Å². The predicted molar refractivity (Wildman–Crippen MR) is 138 cm³/mol. The molecule has 1 aliphatic rings. The molecular formula is C28H32N2O4S. The van der Waals surface area contributed by atoms with E-state index in [2.05, 4.69) is 11.4 Å². The number of fused-ring (bicyclic) bond motifs is 1. The number of ether oxygens (including phenoxy) is 2. The van der Waals surface area contributed by atoms with E-state index < -0.39 is 5.54 Å². The van der Waals surface area contributed by atoms with Crippen molar-refractivity contribution in [1.29, 1.82) is 0 Å². The molecule has 0 aliphatic carbocycles. The van der Waals surface area contributed by atoms with E-state index in [9.17, 15) is 9.59 Å². The Morgan fingerprint density at radius 2 is 1.74 bits per heavy atom. The third-order valence-electron chi connectivity index (χ3n) is 6.40. The highest BCUT2D eigenvalue weighted by Gasteiger charge is 2.37. The molecule has 0 bridgehead atoms. The highest BCUT2D eigenvalue weighted by Crippen LogP contribution is 2.38. The van der Waals surface area contributed by atoms with Crippen LogP contribution in [0, 0.1) is 0 Å². The van der Waals surface area contributed by atoms with Crippen molar-refractivity contribution in [2.45, 2.75) is 38.8 Å². The van der Waals surface area contributed by atoms with Crippen molar-refractivity contribution in [2.24, 2.45) is 0 Å². The Morgan fingerprint density at radius 1 is 1.03 bits per heavy atom. The second-order valence-electron chi connectivity index (χ2n) is 9.57. The molecule has 1 atom stereocenters. The Kier molecular flexibility index (Phi) is 7.17. The Hall–Kier alpha value is -3.32. The van der Waals surface area contributed by atoms with Gasteiger partial charge in [-0.2, -0.15) is 0 Å². The highest BCUT2D eigenvalue weighted by atomic mass is 32.1. The summed E-state index contributed by atoms with van der Waals surface area (Å²) in [7, 11) is 3.19. The van der Waals surface area contributed by atoms with Gasteiger partial charge in [0.2, 0.25) is 5.91 Å².